The monoisotopic (exact) mass is 311 g/mol. The molecular formula is C16H22FNO2S. The molecule has 0 aromatic heterocycles. The van der Waals surface area contributed by atoms with E-state index < -0.39 is 10.0 Å². The van der Waals surface area contributed by atoms with Gasteiger partial charge in [0.25, 0.3) is 0 Å². The third kappa shape index (κ3) is 4.64. The first kappa shape index (κ1) is 16.2. The Balaban J connectivity index is 1.91. The summed E-state index contributed by atoms with van der Waals surface area (Å²) in [6.45, 7) is 4.68. The quantitative estimate of drug-likeness (QED) is 0.757. The fraction of sp³-hybridized carbons (Fsp3) is 0.500. The zero-order valence-electron chi connectivity index (χ0n) is 12.2. The van der Waals surface area contributed by atoms with Crippen LogP contribution in [0.5, 0.6) is 0 Å². The molecule has 1 saturated heterocycles. The van der Waals surface area contributed by atoms with Gasteiger partial charge in [-0.2, -0.15) is 0 Å². The molecule has 21 heavy (non-hydrogen) atoms. The zero-order chi connectivity index (χ0) is 15.3. The predicted molar refractivity (Wildman–Crippen MR) is 83.0 cm³/mol. The van der Waals surface area contributed by atoms with Gasteiger partial charge in [0.1, 0.15) is 5.82 Å². The first-order valence-corrected chi connectivity index (χ1v) is 8.95. The van der Waals surface area contributed by atoms with Crippen LogP contribution in [0.2, 0.25) is 0 Å². The summed E-state index contributed by atoms with van der Waals surface area (Å²) in [5.74, 6) is 0.136. The second-order valence-corrected chi connectivity index (χ2v) is 7.62. The molecule has 1 aliphatic rings. The number of nitrogens with zero attached hydrogens (tertiary/aromatic N) is 1. The predicted octanol–water partition coefficient (Wildman–Crippen LogP) is 2.99. The number of hydrogen-bond donors (Lipinski definition) is 0. The maximum Gasteiger partial charge on any atom is 0.217 e. The average Bonchev–Trinajstić information content (AvgIpc) is 2.45. The fourth-order valence-corrected chi connectivity index (χ4v) is 4.19. The van der Waals surface area contributed by atoms with Gasteiger partial charge in [-0.05, 0) is 49.3 Å². The molecule has 2 rings (SSSR count). The molecule has 1 atom stereocenters. The van der Waals surface area contributed by atoms with Crippen LogP contribution in [-0.2, 0) is 16.4 Å². The first-order chi connectivity index (χ1) is 10.0. The molecule has 1 aliphatic heterocycles. The van der Waals surface area contributed by atoms with E-state index in [4.69, 9.17) is 0 Å². The molecule has 1 unspecified atom stereocenters. The van der Waals surface area contributed by atoms with Crippen molar-refractivity contribution in [3.8, 4) is 0 Å². The molecule has 0 bridgehead atoms. The summed E-state index contributed by atoms with van der Waals surface area (Å²) in [6, 6.07) is 6.62. The van der Waals surface area contributed by atoms with Crippen molar-refractivity contribution in [2.24, 2.45) is 5.92 Å². The van der Waals surface area contributed by atoms with Gasteiger partial charge in [0.2, 0.25) is 10.0 Å². The van der Waals surface area contributed by atoms with E-state index in [2.05, 4.69) is 6.58 Å². The van der Waals surface area contributed by atoms with Gasteiger partial charge in [0, 0.05) is 13.1 Å². The molecule has 0 spiro atoms. The van der Waals surface area contributed by atoms with Crippen molar-refractivity contribution in [3.63, 3.8) is 0 Å². The molecule has 1 heterocycles. The van der Waals surface area contributed by atoms with E-state index in [1.807, 2.05) is 6.07 Å². The highest BCUT2D eigenvalue weighted by atomic mass is 32.2. The van der Waals surface area contributed by atoms with E-state index in [1.165, 1.54) is 12.1 Å². The number of sulfonamides is 1. The Morgan fingerprint density at radius 1 is 1.43 bits per heavy atom. The van der Waals surface area contributed by atoms with Crippen molar-refractivity contribution < 1.29 is 12.8 Å². The molecule has 0 N–H and O–H groups in total. The summed E-state index contributed by atoms with van der Waals surface area (Å²) in [5.41, 5.74) is 0.973. The molecule has 0 aliphatic carbocycles. The Kier molecular flexibility index (Phi) is 5.53. The van der Waals surface area contributed by atoms with Gasteiger partial charge in [-0.3, -0.25) is 0 Å². The second kappa shape index (κ2) is 7.18. The molecule has 3 nitrogen and oxygen atoms in total. The summed E-state index contributed by atoms with van der Waals surface area (Å²) in [7, 11) is -3.20. The van der Waals surface area contributed by atoms with Crippen LogP contribution in [0.1, 0.15) is 24.8 Å². The maximum absolute atomic E-state index is 13.1. The second-order valence-electron chi connectivity index (χ2n) is 5.60. The van der Waals surface area contributed by atoms with Crippen LogP contribution in [0.4, 0.5) is 4.39 Å². The van der Waals surface area contributed by atoms with E-state index in [-0.39, 0.29) is 11.6 Å². The number of halogens is 1. The molecule has 116 valence electrons. The van der Waals surface area contributed by atoms with Crippen LogP contribution in [0.25, 0.3) is 0 Å². The van der Waals surface area contributed by atoms with Crippen molar-refractivity contribution in [3.05, 3.63) is 48.3 Å². The summed E-state index contributed by atoms with van der Waals surface area (Å²) in [4.78, 5) is 0. The summed E-state index contributed by atoms with van der Waals surface area (Å²) in [5, 5.41) is 0. The smallest absolute Gasteiger partial charge is 0.212 e. The fourth-order valence-electron chi connectivity index (χ4n) is 2.83. The van der Waals surface area contributed by atoms with Crippen LogP contribution in [0, 0.1) is 11.7 Å². The average molecular weight is 311 g/mol. The Hall–Kier alpha value is -1.20. The van der Waals surface area contributed by atoms with Gasteiger partial charge >= 0.3 is 0 Å². The Morgan fingerprint density at radius 2 is 2.24 bits per heavy atom. The topological polar surface area (TPSA) is 37.4 Å². The standard InChI is InChI=1S/C16H22FNO2S/c1-2-11-21(19,20)18-10-4-6-15(13-18)9-8-14-5-3-7-16(17)12-14/h2-3,5,7,12,15H,1,4,6,8-11,13H2. The van der Waals surface area contributed by atoms with E-state index in [9.17, 15) is 12.8 Å². The van der Waals surface area contributed by atoms with Crippen LogP contribution in [0.3, 0.4) is 0 Å². The van der Waals surface area contributed by atoms with E-state index in [1.54, 1.807) is 16.4 Å². The minimum absolute atomic E-state index is 0.00359. The lowest BCUT2D eigenvalue weighted by molar-refractivity contribution is 0.256. The van der Waals surface area contributed by atoms with Gasteiger partial charge in [-0.25, -0.2) is 17.1 Å². The number of benzene rings is 1. The third-order valence-corrected chi connectivity index (χ3v) is 5.71. The van der Waals surface area contributed by atoms with Crippen molar-refractivity contribution in [2.75, 3.05) is 18.8 Å². The SMILES string of the molecule is C=CCS(=O)(=O)N1CCCC(CCc2cccc(F)c2)C1. The van der Waals surface area contributed by atoms with Crippen LogP contribution in [-0.4, -0.2) is 31.6 Å². The van der Waals surface area contributed by atoms with Crippen molar-refractivity contribution in [1.82, 2.24) is 4.31 Å². The third-order valence-electron chi connectivity index (χ3n) is 3.93. The van der Waals surface area contributed by atoms with E-state index >= 15 is 0 Å². The normalized spacial score (nSPS) is 20.3. The highest BCUT2D eigenvalue weighted by Gasteiger charge is 2.27. The lowest BCUT2D eigenvalue weighted by atomic mass is 9.93. The van der Waals surface area contributed by atoms with E-state index in [0.29, 0.717) is 19.0 Å². The molecule has 1 aromatic carbocycles. The molecule has 1 aromatic rings. The highest BCUT2D eigenvalue weighted by molar-refractivity contribution is 7.89. The lowest BCUT2D eigenvalue weighted by Crippen LogP contribution is -2.40. The Labute approximate surface area is 126 Å². The Morgan fingerprint density at radius 3 is 2.95 bits per heavy atom. The summed E-state index contributed by atoms with van der Waals surface area (Å²) < 4.78 is 38.8. The molecule has 0 amide bonds. The minimum atomic E-state index is -3.20. The highest BCUT2D eigenvalue weighted by Crippen LogP contribution is 2.23. The van der Waals surface area contributed by atoms with Gasteiger partial charge in [-0.1, -0.05) is 18.2 Å². The summed E-state index contributed by atoms with van der Waals surface area (Å²) in [6.07, 6.45) is 5.05. The van der Waals surface area contributed by atoms with E-state index in [0.717, 1.165) is 31.2 Å². The van der Waals surface area contributed by atoms with Gasteiger partial charge < -0.3 is 0 Å². The molecule has 0 radical (unpaired) electrons. The van der Waals surface area contributed by atoms with Crippen LogP contribution in [0.15, 0.2) is 36.9 Å². The number of piperidine rings is 1. The van der Waals surface area contributed by atoms with Crippen LogP contribution >= 0.6 is 0 Å². The molecule has 5 heteroatoms. The van der Waals surface area contributed by atoms with Gasteiger partial charge in [-0.15, -0.1) is 6.58 Å². The number of rotatable bonds is 6. The summed E-state index contributed by atoms with van der Waals surface area (Å²) >= 11 is 0. The Bertz CT molecular complexity index is 586. The molecular weight excluding hydrogens is 289 g/mol. The van der Waals surface area contributed by atoms with Crippen molar-refractivity contribution >= 4 is 10.0 Å². The number of hydrogen-bond acceptors (Lipinski definition) is 2. The van der Waals surface area contributed by atoms with Gasteiger partial charge in [0.05, 0.1) is 5.75 Å². The molecule has 1 fully saturated rings. The number of aryl methyl sites for hydroxylation is 1. The minimum Gasteiger partial charge on any atom is -0.212 e. The first-order valence-electron chi connectivity index (χ1n) is 7.34. The van der Waals surface area contributed by atoms with Crippen molar-refractivity contribution in [2.45, 2.75) is 25.7 Å². The largest absolute Gasteiger partial charge is 0.217 e. The maximum atomic E-state index is 13.1. The van der Waals surface area contributed by atoms with Gasteiger partial charge in [0.15, 0.2) is 0 Å². The lowest BCUT2D eigenvalue weighted by Gasteiger charge is -2.31. The van der Waals surface area contributed by atoms with Crippen molar-refractivity contribution in [1.29, 1.82) is 0 Å². The molecule has 0 saturated carbocycles. The van der Waals surface area contributed by atoms with Crippen LogP contribution < -0.4 is 0 Å². The zero-order valence-corrected chi connectivity index (χ0v) is 13.0.